The summed E-state index contributed by atoms with van der Waals surface area (Å²) in [7, 11) is 0. The molecule has 0 atom stereocenters. The molecule has 102 valence electrons. The standard InChI is InChI=1S/C16H22N2O/c1-3-5-10-18(11-6-4-2)16(19)15-9-7-8-14(12-15)13-17/h7-9,12H,3-6,10-11H2,1-2H3. The minimum atomic E-state index is 0.0407. The number of hydrogen-bond donors (Lipinski definition) is 0. The molecule has 0 spiro atoms. The third kappa shape index (κ3) is 4.75. The molecule has 0 aromatic heterocycles. The van der Waals surface area contributed by atoms with Crippen LogP contribution in [0, 0.1) is 11.3 Å². The molecule has 0 unspecified atom stereocenters. The molecule has 0 radical (unpaired) electrons. The van der Waals surface area contributed by atoms with Crippen molar-refractivity contribution < 1.29 is 4.79 Å². The smallest absolute Gasteiger partial charge is 0.253 e. The number of carbonyl (C=O) groups excluding carboxylic acids is 1. The van der Waals surface area contributed by atoms with E-state index in [1.54, 1.807) is 24.3 Å². The molecule has 0 aliphatic carbocycles. The van der Waals surface area contributed by atoms with Crippen LogP contribution in [0.15, 0.2) is 24.3 Å². The highest BCUT2D eigenvalue weighted by atomic mass is 16.2. The largest absolute Gasteiger partial charge is 0.339 e. The molecule has 1 aromatic carbocycles. The monoisotopic (exact) mass is 258 g/mol. The molecule has 3 heteroatoms. The summed E-state index contributed by atoms with van der Waals surface area (Å²) in [5.41, 5.74) is 1.16. The average molecular weight is 258 g/mol. The zero-order chi connectivity index (χ0) is 14.1. The van der Waals surface area contributed by atoms with Crippen molar-refractivity contribution in [2.24, 2.45) is 0 Å². The molecule has 0 aliphatic heterocycles. The van der Waals surface area contributed by atoms with Crippen LogP contribution in [0.5, 0.6) is 0 Å². The van der Waals surface area contributed by atoms with Crippen LogP contribution in [0.1, 0.15) is 55.5 Å². The van der Waals surface area contributed by atoms with Crippen LogP contribution in [0.4, 0.5) is 0 Å². The number of benzene rings is 1. The number of unbranched alkanes of at least 4 members (excludes halogenated alkanes) is 2. The van der Waals surface area contributed by atoms with Gasteiger partial charge in [-0.1, -0.05) is 32.8 Å². The molecule has 0 N–H and O–H groups in total. The zero-order valence-corrected chi connectivity index (χ0v) is 11.9. The Bertz CT molecular complexity index is 440. The molecule has 3 nitrogen and oxygen atoms in total. The molecule has 0 saturated carbocycles. The van der Waals surface area contributed by atoms with E-state index in [1.807, 2.05) is 4.90 Å². The second-order valence-corrected chi connectivity index (χ2v) is 4.69. The van der Waals surface area contributed by atoms with Gasteiger partial charge in [0.2, 0.25) is 0 Å². The third-order valence-corrected chi connectivity index (χ3v) is 3.09. The first-order valence-corrected chi connectivity index (χ1v) is 7.02. The second kappa shape index (κ2) is 8.31. The van der Waals surface area contributed by atoms with Crippen LogP contribution in [0.25, 0.3) is 0 Å². The number of carbonyl (C=O) groups is 1. The second-order valence-electron chi connectivity index (χ2n) is 4.69. The molecule has 1 rings (SSSR count). The topological polar surface area (TPSA) is 44.1 Å². The molecule has 0 bridgehead atoms. The van der Waals surface area contributed by atoms with Crippen molar-refractivity contribution in [2.45, 2.75) is 39.5 Å². The average Bonchev–Trinajstić information content (AvgIpc) is 2.47. The van der Waals surface area contributed by atoms with Crippen molar-refractivity contribution in [1.29, 1.82) is 5.26 Å². The van der Waals surface area contributed by atoms with Gasteiger partial charge < -0.3 is 4.90 Å². The van der Waals surface area contributed by atoms with Gasteiger partial charge in [-0.2, -0.15) is 5.26 Å². The lowest BCUT2D eigenvalue weighted by Gasteiger charge is -2.22. The lowest BCUT2D eigenvalue weighted by molar-refractivity contribution is 0.0751. The van der Waals surface area contributed by atoms with Crippen LogP contribution >= 0.6 is 0 Å². The predicted molar refractivity (Wildman–Crippen MR) is 76.9 cm³/mol. The van der Waals surface area contributed by atoms with Crippen LogP contribution in [-0.4, -0.2) is 23.9 Å². The molecule has 0 aliphatic rings. The van der Waals surface area contributed by atoms with Gasteiger partial charge in [0.15, 0.2) is 0 Å². The minimum absolute atomic E-state index is 0.0407. The van der Waals surface area contributed by atoms with Gasteiger partial charge in [0.1, 0.15) is 0 Å². The van der Waals surface area contributed by atoms with E-state index >= 15 is 0 Å². The van der Waals surface area contributed by atoms with E-state index in [9.17, 15) is 4.79 Å². The first kappa shape index (κ1) is 15.2. The summed E-state index contributed by atoms with van der Waals surface area (Å²) in [5.74, 6) is 0.0407. The highest BCUT2D eigenvalue weighted by Crippen LogP contribution is 2.10. The fourth-order valence-electron chi connectivity index (χ4n) is 1.92. The molecule has 1 aromatic rings. The van der Waals surface area contributed by atoms with Gasteiger partial charge in [0, 0.05) is 18.7 Å². The van der Waals surface area contributed by atoms with Crippen LogP contribution in [0.3, 0.4) is 0 Å². The Morgan fingerprint density at radius 2 is 1.84 bits per heavy atom. The highest BCUT2D eigenvalue weighted by molar-refractivity contribution is 5.94. The molecular formula is C16H22N2O. The third-order valence-electron chi connectivity index (χ3n) is 3.09. The quantitative estimate of drug-likeness (QED) is 0.750. The molecule has 0 saturated heterocycles. The van der Waals surface area contributed by atoms with E-state index in [-0.39, 0.29) is 5.91 Å². The van der Waals surface area contributed by atoms with Crippen LogP contribution in [0.2, 0.25) is 0 Å². The number of hydrogen-bond acceptors (Lipinski definition) is 2. The normalized spacial score (nSPS) is 9.95. The summed E-state index contributed by atoms with van der Waals surface area (Å²) in [5, 5.41) is 8.89. The summed E-state index contributed by atoms with van der Waals surface area (Å²) in [6, 6.07) is 9.03. The number of amides is 1. The van der Waals surface area contributed by atoms with Gasteiger partial charge in [-0.15, -0.1) is 0 Å². The maximum Gasteiger partial charge on any atom is 0.253 e. The lowest BCUT2D eigenvalue weighted by atomic mass is 10.1. The Hall–Kier alpha value is -1.82. The zero-order valence-electron chi connectivity index (χ0n) is 11.9. The van der Waals surface area contributed by atoms with Crippen LogP contribution in [-0.2, 0) is 0 Å². The first-order chi connectivity index (χ1) is 9.22. The van der Waals surface area contributed by atoms with Gasteiger partial charge in [-0.3, -0.25) is 4.79 Å². The fraction of sp³-hybridized carbons (Fsp3) is 0.500. The number of nitriles is 1. The van der Waals surface area contributed by atoms with E-state index in [2.05, 4.69) is 19.9 Å². The minimum Gasteiger partial charge on any atom is -0.339 e. The SMILES string of the molecule is CCCCN(CCCC)C(=O)c1cccc(C#N)c1. The maximum atomic E-state index is 12.4. The first-order valence-electron chi connectivity index (χ1n) is 7.02. The van der Waals surface area contributed by atoms with E-state index in [0.29, 0.717) is 11.1 Å². The summed E-state index contributed by atoms with van der Waals surface area (Å²) in [4.78, 5) is 14.3. The van der Waals surface area contributed by atoms with Gasteiger partial charge in [0.05, 0.1) is 11.6 Å². The molecule has 1 amide bonds. The summed E-state index contributed by atoms with van der Waals surface area (Å²) < 4.78 is 0. The van der Waals surface area contributed by atoms with Gasteiger partial charge in [0.25, 0.3) is 5.91 Å². The van der Waals surface area contributed by atoms with Crippen molar-refractivity contribution in [3.63, 3.8) is 0 Å². The molecular weight excluding hydrogens is 236 g/mol. The summed E-state index contributed by atoms with van der Waals surface area (Å²) >= 11 is 0. The Morgan fingerprint density at radius 1 is 1.21 bits per heavy atom. The van der Waals surface area contributed by atoms with Gasteiger partial charge in [-0.05, 0) is 31.0 Å². The van der Waals surface area contributed by atoms with Gasteiger partial charge in [-0.25, -0.2) is 0 Å². The van der Waals surface area contributed by atoms with E-state index in [4.69, 9.17) is 5.26 Å². The van der Waals surface area contributed by atoms with E-state index < -0.39 is 0 Å². The Labute approximate surface area is 115 Å². The van der Waals surface area contributed by atoms with Gasteiger partial charge >= 0.3 is 0 Å². The maximum absolute atomic E-state index is 12.4. The predicted octanol–water partition coefficient (Wildman–Crippen LogP) is 3.60. The van der Waals surface area contributed by atoms with Crippen molar-refractivity contribution in [3.8, 4) is 6.07 Å². The summed E-state index contributed by atoms with van der Waals surface area (Å²) in [6.45, 7) is 5.84. The lowest BCUT2D eigenvalue weighted by Crippen LogP contribution is -2.33. The Balaban J connectivity index is 2.81. The number of rotatable bonds is 7. The van der Waals surface area contributed by atoms with Crippen molar-refractivity contribution >= 4 is 5.91 Å². The molecule has 19 heavy (non-hydrogen) atoms. The fourth-order valence-corrected chi connectivity index (χ4v) is 1.92. The summed E-state index contributed by atoms with van der Waals surface area (Å²) in [6.07, 6.45) is 4.20. The number of nitrogens with zero attached hydrogens (tertiary/aromatic N) is 2. The molecule has 0 fully saturated rings. The van der Waals surface area contributed by atoms with E-state index in [1.165, 1.54) is 0 Å². The van der Waals surface area contributed by atoms with Crippen molar-refractivity contribution in [3.05, 3.63) is 35.4 Å². The van der Waals surface area contributed by atoms with Crippen molar-refractivity contribution in [1.82, 2.24) is 4.90 Å². The van der Waals surface area contributed by atoms with Crippen LogP contribution < -0.4 is 0 Å². The Kier molecular flexibility index (Phi) is 6.67. The van der Waals surface area contributed by atoms with Crippen molar-refractivity contribution in [2.75, 3.05) is 13.1 Å². The Morgan fingerprint density at radius 3 is 2.37 bits per heavy atom. The molecule has 0 heterocycles. The highest BCUT2D eigenvalue weighted by Gasteiger charge is 2.14. The van der Waals surface area contributed by atoms with E-state index in [0.717, 1.165) is 38.8 Å².